The fourth-order valence-electron chi connectivity index (χ4n) is 2.76. The van der Waals surface area contributed by atoms with Crippen LogP contribution in [0, 0.1) is 0 Å². The summed E-state index contributed by atoms with van der Waals surface area (Å²) in [5.41, 5.74) is 1.36. The number of rotatable bonds is 5. The Hall–Kier alpha value is -3.88. The van der Waals surface area contributed by atoms with E-state index in [-0.39, 0.29) is 13.2 Å². The molecule has 0 spiro atoms. The highest BCUT2D eigenvalue weighted by Gasteiger charge is 2.50. The Morgan fingerprint density at radius 2 is 1.34 bits per heavy atom. The van der Waals surface area contributed by atoms with Crippen molar-refractivity contribution in [2.75, 3.05) is 6.54 Å². The van der Waals surface area contributed by atoms with E-state index in [1.54, 1.807) is 60.7 Å². The Labute approximate surface area is 166 Å². The van der Waals surface area contributed by atoms with Gasteiger partial charge in [0.25, 0.3) is 0 Å². The largest absolute Gasteiger partial charge is 0.479 e. The second kappa shape index (κ2) is 8.87. The van der Waals surface area contributed by atoms with Gasteiger partial charge in [-0.25, -0.2) is 19.4 Å². The number of carbonyl (C=O) groups excluding carboxylic acids is 3. The van der Waals surface area contributed by atoms with Gasteiger partial charge in [-0.05, 0) is 11.1 Å². The lowest BCUT2D eigenvalue weighted by Gasteiger charge is -2.27. The fraction of sp³-hybridized carbons (Fsp3) is 0.200. The molecule has 1 aliphatic rings. The number of carbonyl (C=O) groups is 4. The number of hydrazine groups is 1. The summed E-state index contributed by atoms with van der Waals surface area (Å²) >= 11 is 0. The third-order valence-electron chi connectivity index (χ3n) is 4.16. The van der Waals surface area contributed by atoms with Crippen LogP contribution < -0.4 is 0 Å². The molecule has 9 heteroatoms. The fourth-order valence-corrected chi connectivity index (χ4v) is 2.76. The van der Waals surface area contributed by atoms with Gasteiger partial charge < -0.3 is 14.6 Å². The highest BCUT2D eigenvalue weighted by molar-refractivity contribution is 6.08. The highest BCUT2D eigenvalue weighted by atomic mass is 16.6. The zero-order valence-corrected chi connectivity index (χ0v) is 15.3. The van der Waals surface area contributed by atoms with Crippen LogP contribution in [0.2, 0.25) is 0 Å². The van der Waals surface area contributed by atoms with Crippen molar-refractivity contribution >= 4 is 23.9 Å². The molecule has 2 amide bonds. The van der Waals surface area contributed by atoms with Crippen LogP contribution in [-0.2, 0) is 32.3 Å². The first-order valence-corrected chi connectivity index (χ1v) is 8.71. The van der Waals surface area contributed by atoms with Crippen LogP contribution >= 0.6 is 0 Å². The first kappa shape index (κ1) is 19.9. The third-order valence-corrected chi connectivity index (χ3v) is 4.16. The maximum Gasteiger partial charge on any atom is 0.430 e. The smallest absolute Gasteiger partial charge is 0.430 e. The Morgan fingerprint density at radius 3 is 1.83 bits per heavy atom. The predicted octanol–water partition coefficient (Wildman–Crippen LogP) is 2.21. The number of carboxylic acids is 1. The van der Waals surface area contributed by atoms with Crippen molar-refractivity contribution in [2.24, 2.45) is 0 Å². The number of ether oxygens (including phenoxy) is 2. The number of aliphatic carboxylic acids is 1. The summed E-state index contributed by atoms with van der Waals surface area (Å²) < 4.78 is 10.2. The summed E-state index contributed by atoms with van der Waals surface area (Å²) in [7, 11) is 0. The minimum absolute atomic E-state index is 0.102. The van der Waals surface area contributed by atoms with Gasteiger partial charge in [-0.2, -0.15) is 5.01 Å². The van der Waals surface area contributed by atoms with Crippen molar-refractivity contribution in [3.8, 4) is 0 Å². The van der Waals surface area contributed by atoms with Crippen LogP contribution in [0.1, 0.15) is 11.1 Å². The average Bonchev–Trinajstić information content (AvgIpc) is 3.09. The van der Waals surface area contributed by atoms with Crippen LogP contribution in [-0.4, -0.2) is 51.6 Å². The second-order valence-electron chi connectivity index (χ2n) is 6.19. The molecule has 1 fully saturated rings. The molecule has 0 bridgehead atoms. The van der Waals surface area contributed by atoms with Crippen molar-refractivity contribution in [1.82, 2.24) is 10.0 Å². The van der Waals surface area contributed by atoms with E-state index in [1.165, 1.54) is 0 Å². The van der Waals surface area contributed by atoms with Crippen LogP contribution in [0.15, 0.2) is 60.7 Å². The van der Waals surface area contributed by atoms with Gasteiger partial charge in [0.1, 0.15) is 19.8 Å². The van der Waals surface area contributed by atoms with Gasteiger partial charge in [0, 0.05) is 0 Å². The number of hydrogen-bond donors (Lipinski definition) is 1. The zero-order chi connectivity index (χ0) is 20.8. The zero-order valence-electron chi connectivity index (χ0n) is 15.3. The number of amides is 2. The molecule has 3 rings (SSSR count). The van der Waals surface area contributed by atoms with Gasteiger partial charge in [-0.3, -0.25) is 4.79 Å². The molecule has 150 valence electrons. The first-order chi connectivity index (χ1) is 14.0. The lowest BCUT2D eigenvalue weighted by molar-refractivity contribution is -0.147. The summed E-state index contributed by atoms with van der Waals surface area (Å²) in [5, 5.41) is 10.5. The minimum Gasteiger partial charge on any atom is -0.479 e. The molecule has 0 aromatic heterocycles. The van der Waals surface area contributed by atoms with E-state index in [1.807, 2.05) is 0 Å². The molecule has 2 aromatic rings. The molecule has 1 atom stereocenters. The summed E-state index contributed by atoms with van der Waals surface area (Å²) in [4.78, 5) is 48.6. The lowest BCUT2D eigenvalue weighted by atomic mass is 10.2. The number of benzene rings is 2. The first-order valence-electron chi connectivity index (χ1n) is 8.71. The van der Waals surface area contributed by atoms with Crippen LogP contribution in [0.5, 0.6) is 0 Å². The number of Topliss-reactive ketones (excluding diaryl/α,β-unsaturated/α-hetero) is 1. The van der Waals surface area contributed by atoms with E-state index in [9.17, 15) is 24.3 Å². The summed E-state index contributed by atoms with van der Waals surface area (Å²) in [6, 6.07) is 15.6. The Kier molecular flexibility index (Phi) is 6.08. The van der Waals surface area contributed by atoms with Crippen molar-refractivity contribution in [1.29, 1.82) is 0 Å². The van der Waals surface area contributed by atoms with E-state index in [0.717, 1.165) is 0 Å². The Bertz CT molecular complexity index is 902. The monoisotopic (exact) mass is 398 g/mol. The maximum absolute atomic E-state index is 12.5. The number of nitrogens with zero attached hydrogens (tertiary/aromatic N) is 2. The summed E-state index contributed by atoms with van der Waals surface area (Å²) in [5.74, 6) is -2.39. The van der Waals surface area contributed by atoms with Crippen molar-refractivity contribution in [3.63, 3.8) is 0 Å². The lowest BCUT2D eigenvalue weighted by Crippen LogP contribution is -2.51. The SMILES string of the molecule is O=C(O)C1C(=O)CN(C(=O)OCc2ccccc2)N1C(=O)OCc1ccccc1. The van der Waals surface area contributed by atoms with Gasteiger partial charge in [0.2, 0.25) is 6.04 Å². The molecule has 0 saturated carbocycles. The Morgan fingerprint density at radius 1 is 0.862 bits per heavy atom. The molecule has 9 nitrogen and oxygen atoms in total. The molecular formula is C20H18N2O7. The molecule has 0 aliphatic carbocycles. The Balaban J connectivity index is 1.71. The van der Waals surface area contributed by atoms with Gasteiger partial charge >= 0.3 is 18.2 Å². The summed E-state index contributed by atoms with van der Waals surface area (Å²) in [6.07, 6.45) is -2.16. The number of ketones is 1. The van der Waals surface area contributed by atoms with Gasteiger partial charge in [0.15, 0.2) is 5.78 Å². The molecule has 29 heavy (non-hydrogen) atoms. The topological polar surface area (TPSA) is 113 Å². The number of carboxylic acid groups (broad SMARTS) is 1. The van der Waals surface area contributed by atoms with E-state index >= 15 is 0 Å². The van der Waals surface area contributed by atoms with Crippen LogP contribution in [0.3, 0.4) is 0 Å². The van der Waals surface area contributed by atoms with Crippen LogP contribution in [0.25, 0.3) is 0 Å². The van der Waals surface area contributed by atoms with E-state index < -0.39 is 36.5 Å². The third kappa shape index (κ3) is 4.70. The minimum atomic E-state index is -1.86. The van der Waals surface area contributed by atoms with Crippen molar-refractivity contribution in [2.45, 2.75) is 19.3 Å². The molecule has 1 N–H and O–H groups in total. The molecule has 1 saturated heterocycles. The molecule has 1 aliphatic heterocycles. The average molecular weight is 398 g/mol. The highest BCUT2D eigenvalue weighted by Crippen LogP contribution is 2.20. The van der Waals surface area contributed by atoms with Gasteiger partial charge in [-0.1, -0.05) is 60.7 Å². The van der Waals surface area contributed by atoms with E-state index in [0.29, 0.717) is 21.1 Å². The van der Waals surface area contributed by atoms with Crippen molar-refractivity contribution < 1.29 is 33.8 Å². The normalized spacial score (nSPS) is 15.9. The number of hydrogen-bond acceptors (Lipinski definition) is 6. The predicted molar refractivity (Wildman–Crippen MR) is 98.2 cm³/mol. The quantitative estimate of drug-likeness (QED) is 0.768. The summed E-state index contributed by atoms with van der Waals surface area (Å²) in [6.45, 7) is -0.858. The van der Waals surface area contributed by atoms with Crippen molar-refractivity contribution in [3.05, 3.63) is 71.8 Å². The molecular weight excluding hydrogens is 380 g/mol. The standard InChI is InChI=1S/C20H18N2O7/c23-16-11-21(19(26)28-12-14-7-3-1-4-8-14)22(17(16)18(24)25)20(27)29-13-15-9-5-2-6-10-15/h1-10,17H,11-13H2,(H,24,25). The molecule has 0 radical (unpaired) electrons. The van der Waals surface area contributed by atoms with Gasteiger partial charge in [0.05, 0.1) is 0 Å². The van der Waals surface area contributed by atoms with Crippen LogP contribution in [0.4, 0.5) is 9.59 Å². The van der Waals surface area contributed by atoms with Gasteiger partial charge in [-0.15, -0.1) is 0 Å². The van der Waals surface area contributed by atoms with E-state index in [4.69, 9.17) is 9.47 Å². The second-order valence-corrected chi connectivity index (χ2v) is 6.19. The molecule has 1 unspecified atom stereocenters. The molecule has 2 aromatic carbocycles. The maximum atomic E-state index is 12.5. The molecule has 1 heterocycles. The van der Waals surface area contributed by atoms with E-state index in [2.05, 4.69) is 0 Å².